The summed E-state index contributed by atoms with van der Waals surface area (Å²) >= 11 is 6.09. The number of methoxy groups -OCH3 is 3. The maximum atomic E-state index is 13.3. The quantitative estimate of drug-likeness (QED) is 0.283. The second-order valence-corrected chi connectivity index (χ2v) is 8.29. The van der Waals surface area contributed by atoms with E-state index in [1.165, 1.54) is 19.1 Å². The Morgan fingerprint density at radius 3 is 2.26 bits per heavy atom. The molecule has 180 valence electrons. The van der Waals surface area contributed by atoms with Crippen LogP contribution in [0.2, 0.25) is 5.02 Å². The lowest BCUT2D eigenvalue weighted by Gasteiger charge is -2.26. The fraction of sp³-hybridized carbons (Fsp3) is 0.185. The molecular weight excluding hydrogens is 470 g/mol. The molecule has 7 nitrogen and oxygen atoms in total. The molecule has 1 unspecified atom stereocenters. The summed E-state index contributed by atoms with van der Waals surface area (Å²) in [5.41, 5.74) is 1.52. The molecule has 4 rings (SSSR count). The van der Waals surface area contributed by atoms with Crippen molar-refractivity contribution in [3.63, 3.8) is 0 Å². The summed E-state index contributed by atoms with van der Waals surface area (Å²) in [4.78, 5) is 28.1. The first-order valence-electron chi connectivity index (χ1n) is 10.8. The summed E-state index contributed by atoms with van der Waals surface area (Å²) in [5.74, 6) is -0.533. The fourth-order valence-corrected chi connectivity index (χ4v) is 4.32. The van der Waals surface area contributed by atoms with Crippen molar-refractivity contribution in [2.45, 2.75) is 12.6 Å². The van der Waals surface area contributed by atoms with Crippen molar-refractivity contribution in [2.24, 2.45) is 0 Å². The lowest BCUT2D eigenvalue weighted by Crippen LogP contribution is -2.29. The number of ketones is 1. The number of ether oxygens (including phenoxy) is 3. The molecule has 1 heterocycles. The number of rotatable bonds is 7. The minimum absolute atomic E-state index is 0.0567. The van der Waals surface area contributed by atoms with Gasteiger partial charge in [-0.25, -0.2) is 0 Å². The van der Waals surface area contributed by atoms with Crippen molar-refractivity contribution in [3.05, 3.63) is 94.0 Å². The third-order valence-electron chi connectivity index (χ3n) is 5.92. The van der Waals surface area contributed by atoms with Gasteiger partial charge in [0.2, 0.25) is 0 Å². The summed E-state index contributed by atoms with van der Waals surface area (Å²) in [6, 6.07) is 18.0. The highest BCUT2D eigenvalue weighted by molar-refractivity contribution is 6.46. The van der Waals surface area contributed by atoms with E-state index < -0.39 is 17.7 Å². The Hall–Kier alpha value is -3.97. The number of aliphatic hydroxyl groups excluding tert-OH is 1. The van der Waals surface area contributed by atoms with Crippen molar-refractivity contribution >= 4 is 29.1 Å². The highest BCUT2D eigenvalue weighted by Crippen LogP contribution is 2.43. The maximum Gasteiger partial charge on any atom is 0.295 e. The second-order valence-electron chi connectivity index (χ2n) is 7.86. The molecule has 3 aromatic carbocycles. The van der Waals surface area contributed by atoms with Crippen molar-refractivity contribution in [3.8, 4) is 17.2 Å². The fourth-order valence-electron chi connectivity index (χ4n) is 4.20. The largest absolute Gasteiger partial charge is 0.507 e. The number of hydrogen-bond acceptors (Lipinski definition) is 6. The van der Waals surface area contributed by atoms with Crippen LogP contribution in [0.4, 0.5) is 0 Å². The molecule has 0 bridgehead atoms. The van der Waals surface area contributed by atoms with Crippen molar-refractivity contribution < 1.29 is 28.9 Å². The Kier molecular flexibility index (Phi) is 6.98. The first kappa shape index (κ1) is 24.2. The van der Waals surface area contributed by atoms with E-state index in [0.29, 0.717) is 27.8 Å². The molecule has 8 heteroatoms. The first-order valence-corrected chi connectivity index (χ1v) is 11.2. The summed E-state index contributed by atoms with van der Waals surface area (Å²) in [6.07, 6.45) is 0. The van der Waals surface area contributed by atoms with Gasteiger partial charge in [0.15, 0.2) is 0 Å². The number of carbonyl (C=O) groups excluding carboxylic acids is 2. The molecule has 1 atom stereocenters. The van der Waals surface area contributed by atoms with Gasteiger partial charge in [-0.2, -0.15) is 0 Å². The van der Waals surface area contributed by atoms with Crippen molar-refractivity contribution in [1.82, 2.24) is 4.90 Å². The Bertz CT molecular complexity index is 1300. The molecule has 1 fully saturated rings. The van der Waals surface area contributed by atoms with Gasteiger partial charge in [0, 0.05) is 10.6 Å². The molecule has 1 aliphatic rings. The first-order chi connectivity index (χ1) is 16.9. The number of halogens is 1. The lowest BCUT2D eigenvalue weighted by molar-refractivity contribution is -0.140. The second kappa shape index (κ2) is 10.1. The molecule has 1 N–H and O–H groups in total. The van der Waals surface area contributed by atoms with Gasteiger partial charge in [-0.3, -0.25) is 9.59 Å². The summed E-state index contributed by atoms with van der Waals surface area (Å²) in [5, 5.41) is 11.9. The van der Waals surface area contributed by atoms with Gasteiger partial charge in [0.25, 0.3) is 11.7 Å². The molecule has 0 spiro atoms. The number of aliphatic hydroxyl groups is 1. The number of para-hydroxylation sites is 1. The average molecular weight is 494 g/mol. The van der Waals surface area contributed by atoms with Gasteiger partial charge in [0.05, 0.1) is 45.1 Å². The van der Waals surface area contributed by atoms with Gasteiger partial charge in [0.1, 0.15) is 23.0 Å². The Morgan fingerprint density at radius 2 is 1.60 bits per heavy atom. The molecule has 0 saturated carbocycles. The molecule has 0 aliphatic carbocycles. The van der Waals surface area contributed by atoms with E-state index in [4.69, 9.17) is 25.8 Å². The molecule has 1 saturated heterocycles. The van der Waals surface area contributed by atoms with Crippen LogP contribution in [0, 0.1) is 0 Å². The summed E-state index contributed by atoms with van der Waals surface area (Å²) in [7, 11) is 4.49. The zero-order valence-electron chi connectivity index (χ0n) is 19.4. The third kappa shape index (κ3) is 4.55. The van der Waals surface area contributed by atoms with E-state index in [9.17, 15) is 14.7 Å². The Labute approximate surface area is 208 Å². The molecule has 0 aromatic heterocycles. The van der Waals surface area contributed by atoms with Crippen LogP contribution in [0.1, 0.15) is 22.7 Å². The van der Waals surface area contributed by atoms with E-state index in [2.05, 4.69) is 0 Å². The molecule has 3 aromatic rings. The molecule has 35 heavy (non-hydrogen) atoms. The minimum atomic E-state index is -0.868. The highest BCUT2D eigenvalue weighted by atomic mass is 35.5. The SMILES string of the molecule is COc1ccc(OC)c(/C(O)=C2\C(=O)C(=O)N(Cc3ccccc3OC)C2c2ccc(Cl)cc2)c1. The number of hydrogen-bond donors (Lipinski definition) is 1. The van der Waals surface area contributed by atoms with Crippen LogP contribution in [-0.2, 0) is 16.1 Å². The molecular formula is C27H24ClNO6. The van der Waals surface area contributed by atoms with E-state index in [-0.39, 0.29) is 23.4 Å². The average Bonchev–Trinajstić information content (AvgIpc) is 3.13. The number of benzene rings is 3. The van der Waals surface area contributed by atoms with E-state index in [1.54, 1.807) is 55.6 Å². The van der Waals surface area contributed by atoms with Crippen LogP contribution in [0.15, 0.2) is 72.3 Å². The lowest BCUT2D eigenvalue weighted by atomic mass is 9.94. The number of nitrogens with zero attached hydrogens (tertiary/aromatic N) is 1. The van der Waals surface area contributed by atoms with Gasteiger partial charge in [-0.15, -0.1) is 0 Å². The molecule has 1 amide bonds. The summed E-state index contributed by atoms with van der Waals surface area (Å²) < 4.78 is 16.1. The number of amides is 1. The van der Waals surface area contributed by atoms with Crippen LogP contribution >= 0.6 is 11.6 Å². The van der Waals surface area contributed by atoms with Crippen molar-refractivity contribution in [2.75, 3.05) is 21.3 Å². The summed E-state index contributed by atoms with van der Waals surface area (Å²) in [6.45, 7) is 0.0912. The van der Waals surface area contributed by atoms with Gasteiger partial charge < -0.3 is 24.2 Å². The number of carbonyl (C=O) groups is 2. The minimum Gasteiger partial charge on any atom is -0.507 e. The molecule has 1 aliphatic heterocycles. The van der Waals surface area contributed by atoms with E-state index >= 15 is 0 Å². The topological polar surface area (TPSA) is 85.3 Å². The monoisotopic (exact) mass is 493 g/mol. The standard InChI is InChI=1S/C27H24ClNO6/c1-33-19-12-13-22(35-3)20(14-19)25(30)23-24(16-8-10-18(28)11-9-16)29(27(32)26(23)31)15-17-6-4-5-7-21(17)34-2/h4-14,24,30H,15H2,1-3H3/b25-23+. The number of Topliss-reactive ketones (excluding diaryl/α,β-unsaturated/α-hetero) is 1. The predicted molar refractivity (Wildman–Crippen MR) is 132 cm³/mol. The van der Waals surface area contributed by atoms with Crippen LogP contribution < -0.4 is 14.2 Å². The van der Waals surface area contributed by atoms with Crippen LogP contribution in [0.3, 0.4) is 0 Å². The Morgan fingerprint density at radius 1 is 0.914 bits per heavy atom. The normalized spacial score (nSPS) is 16.9. The van der Waals surface area contributed by atoms with Gasteiger partial charge in [-0.1, -0.05) is 41.9 Å². The van der Waals surface area contributed by atoms with Crippen LogP contribution in [0.5, 0.6) is 17.2 Å². The third-order valence-corrected chi connectivity index (χ3v) is 6.17. The van der Waals surface area contributed by atoms with Gasteiger partial charge >= 0.3 is 0 Å². The van der Waals surface area contributed by atoms with Crippen molar-refractivity contribution in [1.29, 1.82) is 0 Å². The predicted octanol–water partition coefficient (Wildman–Crippen LogP) is 4.99. The van der Waals surface area contributed by atoms with E-state index in [0.717, 1.165) is 5.56 Å². The van der Waals surface area contributed by atoms with E-state index in [1.807, 2.05) is 18.2 Å². The smallest absolute Gasteiger partial charge is 0.295 e. The Balaban J connectivity index is 1.91. The maximum absolute atomic E-state index is 13.3. The molecule has 0 radical (unpaired) electrons. The zero-order chi connectivity index (χ0) is 25.1. The van der Waals surface area contributed by atoms with Gasteiger partial charge in [-0.05, 0) is 42.0 Å². The number of likely N-dealkylation sites (tertiary alicyclic amines) is 1. The highest BCUT2D eigenvalue weighted by Gasteiger charge is 2.46. The van der Waals surface area contributed by atoms with Crippen LogP contribution in [0.25, 0.3) is 5.76 Å². The van der Waals surface area contributed by atoms with Crippen LogP contribution in [-0.4, -0.2) is 43.0 Å². The zero-order valence-corrected chi connectivity index (χ0v) is 20.2.